The number of aromatic nitrogens is 2. The van der Waals surface area contributed by atoms with E-state index >= 15 is 0 Å². The summed E-state index contributed by atoms with van der Waals surface area (Å²) >= 11 is 0. The number of rotatable bonds is 2. The quantitative estimate of drug-likeness (QED) is 0.690. The number of nitrogens with zero attached hydrogens (tertiary/aromatic N) is 2. The van der Waals surface area contributed by atoms with Crippen LogP contribution in [0.5, 0.6) is 0 Å². The van der Waals surface area contributed by atoms with E-state index in [0.717, 1.165) is 4.90 Å². The second kappa shape index (κ2) is 3.71. The molecule has 1 fully saturated rings. The zero-order valence-electron chi connectivity index (χ0n) is 9.23. The van der Waals surface area contributed by atoms with E-state index in [4.69, 9.17) is 5.73 Å². The van der Waals surface area contributed by atoms with Crippen molar-refractivity contribution in [2.75, 3.05) is 4.90 Å². The third-order valence-electron chi connectivity index (χ3n) is 3.11. The first-order valence-corrected chi connectivity index (χ1v) is 5.18. The van der Waals surface area contributed by atoms with Crippen molar-refractivity contribution in [2.45, 2.75) is 20.4 Å². The maximum atomic E-state index is 11.9. The van der Waals surface area contributed by atoms with Crippen LogP contribution in [0.25, 0.3) is 0 Å². The van der Waals surface area contributed by atoms with Crippen LogP contribution in [0.3, 0.4) is 0 Å². The first kappa shape index (κ1) is 10.8. The molecule has 0 aliphatic carbocycles. The topological polar surface area (TPSA) is 92.1 Å². The fourth-order valence-electron chi connectivity index (χ4n) is 1.81. The molecule has 3 N–H and O–H groups in total. The minimum Gasteiger partial charge on any atom is -0.326 e. The summed E-state index contributed by atoms with van der Waals surface area (Å²) in [5.41, 5.74) is 6.18. The number of hydrogen-bond donors (Lipinski definition) is 2. The Balaban J connectivity index is 2.42. The smallest absolute Gasteiger partial charge is 0.238 e. The third-order valence-corrected chi connectivity index (χ3v) is 3.11. The highest BCUT2D eigenvalue weighted by atomic mass is 16.2. The van der Waals surface area contributed by atoms with Gasteiger partial charge in [-0.3, -0.25) is 14.7 Å². The Morgan fingerprint density at radius 3 is 2.44 bits per heavy atom. The molecule has 1 aromatic heterocycles. The zero-order chi connectivity index (χ0) is 11.9. The first-order chi connectivity index (χ1) is 7.57. The van der Waals surface area contributed by atoms with Crippen LogP contribution >= 0.6 is 0 Å². The van der Waals surface area contributed by atoms with Gasteiger partial charge in [0.15, 0.2) is 0 Å². The second-order valence-corrected chi connectivity index (χ2v) is 4.04. The molecule has 2 heterocycles. The lowest BCUT2D eigenvalue weighted by atomic mass is 10.00. The van der Waals surface area contributed by atoms with E-state index in [0.29, 0.717) is 11.4 Å². The van der Waals surface area contributed by atoms with Gasteiger partial charge in [-0.2, -0.15) is 5.10 Å². The lowest BCUT2D eigenvalue weighted by Crippen LogP contribution is -2.32. The molecule has 1 aliphatic rings. The lowest BCUT2D eigenvalue weighted by molar-refractivity contribution is -0.122. The molecule has 2 atom stereocenters. The molecule has 2 rings (SSSR count). The van der Waals surface area contributed by atoms with Crippen molar-refractivity contribution in [3.63, 3.8) is 0 Å². The average Bonchev–Trinajstić information content (AvgIpc) is 2.80. The first-order valence-electron chi connectivity index (χ1n) is 5.18. The van der Waals surface area contributed by atoms with Gasteiger partial charge in [-0.25, -0.2) is 4.90 Å². The number of carbonyl (C=O) groups is 2. The van der Waals surface area contributed by atoms with Crippen molar-refractivity contribution in [1.29, 1.82) is 0 Å². The molecule has 86 valence electrons. The van der Waals surface area contributed by atoms with Crippen LogP contribution in [-0.2, 0) is 16.1 Å². The van der Waals surface area contributed by atoms with Crippen molar-refractivity contribution in [3.8, 4) is 0 Å². The number of anilines is 1. The Bertz CT molecular complexity index is 420. The maximum absolute atomic E-state index is 11.9. The number of aromatic amines is 1. The molecule has 6 nitrogen and oxygen atoms in total. The predicted octanol–water partition coefficient (Wildman–Crippen LogP) is 0.0138. The second-order valence-electron chi connectivity index (χ2n) is 4.04. The van der Waals surface area contributed by atoms with Gasteiger partial charge in [-0.1, -0.05) is 13.8 Å². The summed E-state index contributed by atoms with van der Waals surface area (Å²) in [6.07, 6.45) is 1.53. The summed E-state index contributed by atoms with van der Waals surface area (Å²) in [7, 11) is 0. The Labute approximate surface area is 92.8 Å². The van der Waals surface area contributed by atoms with Crippen molar-refractivity contribution in [1.82, 2.24) is 10.2 Å². The van der Waals surface area contributed by atoms with Gasteiger partial charge in [0.05, 0.1) is 6.20 Å². The maximum Gasteiger partial charge on any atom is 0.238 e. The van der Waals surface area contributed by atoms with E-state index in [-0.39, 0.29) is 30.2 Å². The molecule has 2 amide bonds. The van der Waals surface area contributed by atoms with Crippen LogP contribution in [0, 0.1) is 11.8 Å². The summed E-state index contributed by atoms with van der Waals surface area (Å²) < 4.78 is 0. The van der Waals surface area contributed by atoms with E-state index in [9.17, 15) is 9.59 Å². The number of H-pyrrole nitrogens is 1. The highest BCUT2D eigenvalue weighted by Gasteiger charge is 2.44. The van der Waals surface area contributed by atoms with Crippen LogP contribution in [0.4, 0.5) is 5.82 Å². The number of amides is 2. The SMILES string of the molecule is CC1C(=O)N(c2[nH]ncc2CN)C(=O)C1C. The summed E-state index contributed by atoms with van der Waals surface area (Å²) in [6, 6.07) is 0. The van der Waals surface area contributed by atoms with Gasteiger partial charge in [0, 0.05) is 23.9 Å². The van der Waals surface area contributed by atoms with Crippen molar-refractivity contribution in [2.24, 2.45) is 17.6 Å². The molecule has 2 unspecified atom stereocenters. The molecular formula is C10H14N4O2. The fourth-order valence-corrected chi connectivity index (χ4v) is 1.81. The van der Waals surface area contributed by atoms with Crippen molar-refractivity contribution >= 4 is 17.6 Å². The Morgan fingerprint density at radius 2 is 1.94 bits per heavy atom. The molecule has 0 bridgehead atoms. The van der Waals surface area contributed by atoms with E-state index in [1.807, 2.05) is 0 Å². The van der Waals surface area contributed by atoms with Crippen LogP contribution < -0.4 is 10.6 Å². The molecular weight excluding hydrogens is 208 g/mol. The summed E-state index contributed by atoms with van der Waals surface area (Å²) in [5, 5.41) is 6.46. The number of nitrogens with two attached hydrogens (primary N) is 1. The molecule has 1 saturated heterocycles. The predicted molar refractivity (Wildman–Crippen MR) is 57.3 cm³/mol. The van der Waals surface area contributed by atoms with Gasteiger partial charge in [0.2, 0.25) is 11.8 Å². The molecule has 0 radical (unpaired) electrons. The number of nitrogens with one attached hydrogen (secondary N) is 1. The Kier molecular flexibility index (Phi) is 2.51. The molecule has 0 spiro atoms. The molecule has 1 aliphatic heterocycles. The molecule has 6 heteroatoms. The Morgan fingerprint density at radius 1 is 1.38 bits per heavy atom. The average molecular weight is 222 g/mol. The summed E-state index contributed by atoms with van der Waals surface area (Å²) in [4.78, 5) is 25.0. The zero-order valence-corrected chi connectivity index (χ0v) is 9.23. The largest absolute Gasteiger partial charge is 0.326 e. The normalized spacial score (nSPS) is 25.6. The third kappa shape index (κ3) is 1.34. The van der Waals surface area contributed by atoms with E-state index < -0.39 is 0 Å². The van der Waals surface area contributed by atoms with Crippen LogP contribution in [0.15, 0.2) is 6.20 Å². The van der Waals surface area contributed by atoms with Gasteiger partial charge in [-0.05, 0) is 0 Å². The monoisotopic (exact) mass is 222 g/mol. The van der Waals surface area contributed by atoms with Crippen LogP contribution in [0.1, 0.15) is 19.4 Å². The van der Waals surface area contributed by atoms with Crippen molar-refractivity contribution in [3.05, 3.63) is 11.8 Å². The highest BCUT2D eigenvalue weighted by molar-refractivity contribution is 6.21. The number of hydrogen-bond acceptors (Lipinski definition) is 4. The van der Waals surface area contributed by atoms with E-state index in [1.54, 1.807) is 13.8 Å². The van der Waals surface area contributed by atoms with Crippen LogP contribution in [-0.4, -0.2) is 22.0 Å². The van der Waals surface area contributed by atoms with Crippen LogP contribution in [0.2, 0.25) is 0 Å². The standard InChI is InChI=1S/C10H14N4O2/c1-5-6(2)10(16)14(9(5)15)8-7(3-11)4-12-13-8/h4-6H,3,11H2,1-2H3,(H,12,13). The minimum absolute atomic E-state index is 0.198. The van der Waals surface area contributed by atoms with Gasteiger partial charge in [0.25, 0.3) is 0 Å². The molecule has 0 aromatic carbocycles. The van der Waals surface area contributed by atoms with Gasteiger partial charge in [-0.15, -0.1) is 0 Å². The number of imide groups is 1. The van der Waals surface area contributed by atoms with Crippen molar-refractivity contribution < 1.29 is 9.59 Å². The number of carbonyl (C=O) groups excluding carboxylic acids is 2. The van der Waals surface area contributed by atoms with E-state index in [1.165, 1.54) is 6.20 Å². The lowest BCUT2D eigenvalue weighted by Gasteiger charge is -2.13. The summed E-state index contributed by atoms with van der Waals surface area (Å²) in [6.45, 7) is 3.75. The van der Waals surface area contributed by atoms with Gasteiger partial charge in [0.1, 0.15) is 5.82 Å². The molecule has 1 aromatic rings. The summed E-state index contributed by atoms with van der Waals surface area (Å²) in [5.74, 6) is -0.565. The highest BCUT2D eigenvalue weighted by Crippen LogP contribution is 2.30. The minimum atomic E-state index is -0.290. The van der Waals surface area contributed by atoms with E-state index in [2.05, 4.69) is 10.2 Å². The molecule has 16 heavy (non-hydrogen) atoms. The van der Waals surface area contributed by atoms with Gasteiger partial charge >= 0.3 is 0 Å². The molecule has 0 saturated carbocycles. The Hall–Kier alpha value is -1.69. The fraction of sp³-hybridized carbons (Fsp3) is 0.500. The van der Waals surface area contributed by atoms with Gasteiger partial charge < -0.3 is 5.73 Å².